The number of rotatable bonds is 7. The van der Waals surface area contributed by atoms with Gasteiger partial charge in [-0.1, -0.05) is 12.1 Å². The normalized spacial score (nSPS) is 13.2. The van der Waals surface area contributed by atoms with Crippen LogP contribution in [-0.4, -0.2) is 25.3 Å². The van der Waals surface area contributed by atoms with Crippen LogP contribution in [0.4, 0.5) is 5.69 Å². The summed E-state index contributed by atoms with van der Waals surface area (Å²) in [6, 6.07) is 5.21. The average molecular weight is 287 g/mol. The Hall–Kier alpha value is -1.51. The molecule has 0 amide bonds. The van der Waals surface area contributed by atoms with E-state index < -0.39 is 25.8 Å². The van der Waals surface area contributed by atoms with Gasteiger partial charge in [-0.2, -0.15) is 0 Å². The lowest BCUT2D eigenvalue weighted by molar-refractivity contribution is -0.387. The van der Waals surface area contributed by atoms with Crippen molar-refractivity contribution in [3.63, 3.8) is 0 Å². The van der Waals surface area contributed by atoms with E-state index in [9.17, 15) is 18.5 Å². The maximum Gasteiger partial charge on any atom is 0.288 e. The van der Waals surface area contributed by atoms with Crippen LogP contribution in [0.15, 0.2) is 29.2 Å². The topological polar surface area (TPSA) is 129 Å². The number of nitro groups is 1. The minimum Gasteiger partial charge on any atom is -0.330 e. The molecule has 7 nitrogen and oxygen atoms in total. The molecule has 0 aliphatic carbocycles. The van der Waals surface area contributed by atoms with Gasteiger partial charge in [-0.05, 0) is 31.9 Å². The molecule has 1 rings (SSSR count). The van der Waals surface area contributed by atoms with Gasteiger partial charge in [0.25, 0.3) is 5.69 Å². The zero-order valence-electron chi connectivity index (χ0n) is 10.4. The Balaban J connectivity index is 3.03. The van der Waals surface area contributed by atoms with Gasteiger partial charge in [-0.3, -0.25) is 10.1 Å². The van der Waals surface area contributed by atoms with E-state index in [1.54, 1.807) is 0 Å². The Labute approximate surface area is 111 Å². The lowest BCUT2D eigenvalue weighted by Crippen LogP contribution is -2.31. The monoisotopic (exact) mass is 287 g/mol. The maximum absolute atomic E-state index is 12.2. The third-order valence-corrected chi connectivity index (χ3v) is 4.70. The third kappa shape index (κ3) is 3.72. The SMILES string of the molecule is NCCCCC(N)S(=O)(=O)c1ccccc1[N+](=O)[O-]. The molecule has 0 saturated heterocycles. The van der Waals surface area contributed by atoms with Crippen LogP contribution in [0.5, 0.6) is 0 Å². The molecule has 4 N–H and O–H groups in total. The van der Waals surface area contributed by atoms with Crippen LogP contribution in [0.25, 0.3) is 0 Å². The highest BCUT2D eigenvalue weighted by atomic mass is 32.2. The van der Waals surface area contributed by atoms with Crippen LogP contribution in [-0.2, 0) is 9.84 Å². The molecule has 0 aliphatic rings. The number of para-hydroxylation sites is 1. The van der Waals surface area contributed by atoms with Gasteiger partial charge in [0, 0.05) is 6.07 Å². The van der Waals surface area contributed by atoms with Gasteiger partial charge in [0.15, 0.2) is 0 Å². The van der Waals surface area contributed by atoms with Gasteiger partial charge >= 0.3 is 0 Å². The van der Waals surface area contributed by atoms with E-state index in [0.717, 1.165) is 6.07 Å². The van der Waals surface area contributed by atoms with Crippen LogP contribution in [0.1, 0.15) is 19.3 Å². The molecule has 0 bridgehead atoms. The standard InChI is InChI=1S/C11H17N3O4S/c12-8-4-3-7-11(13)19(17,18)10-6-2-1-5-9(10)14(15)16/h1-2,5-6,11H,3-4,7-8,12-13H2. The third-order valence-electron chi connectivity index (χ3n) is 2.71. The lowest BCUT2D eigenvalue weighted by Gasteiger charge is -2.12. The summed E-state index contributed by atoms with van der Waals surface area (Å²) in [5.41, 5.74) is 10.5. The fourth-order valence-corrected chi connectivity index (χ4v) is 3.16. The summed E-state index contributed by atoms with van der Waals surface area (Å²) in [5.74, 6) is 0. The van der Waals surface area contributed by atoms with E-state index in [2.05, 4.69) is 0 Å². The first-order chi connectivity index (χ1) is 8.91. The fourth-order valence-electron chi connectivity index (χ4n) is 1.66. The molecule has 8 heteroatoms. The molecule has 0 aliphatic heterocycles. The van der Waals surface area contributed by atoms with Crippen molar-refractivity contribution >= 4 is 15.5 Å². The minimum atomic E-state index is -3.90. The van der Waals surface area contributed by atoms with Gasteiger partial charge in [-0.25, -0.2) is 8.42 Å². The highest BCUT2D eigenvalue weighted by Crippen LogP contribution is 2.26. The number of hydrogen-bond donors (Lipinski definition) is 2. The summed E-state index contributed by atoms with van der Waals surface area (Å²) in [6.45, 7) is 0.457. The first-order valence-electron chi connectivity index (χ1n) is 5.84. The molecular weight excluding hydrogens is 270 g/mol. The average Bonchev–Trinajstić information content (AvgIpc) is 2.38. The molecule has 0 radical (unpaired) electrons. The predicted octanol–water partition coefficient (Wildman–Crippen LogP) is 0.782. The number of benzene rings is 1. The summed E-state index contributed by atoms with van der Waals surface area (Å²) in [6.07, 6.45) is 1.46. The Bertz CT molecular complexity index is 545. The van der Waals surface area contributed by atoms with Crippen molar-refractivity contribution in [1.29, 1.82) is 0 Å². The molecule has 0 fully saturated rings. The molecule has 1 aromatic rings. The molecule has 106 valence electrons. The van der Waals surface area contributed by atoms with Gasteiger partial charge in [0.2, 0.25) is 9.84 Å². The molecule has 0 aromatic heterocycles. The zero-order chi connectivity index (χ0) is 14.5. The lowest BCUT2D eigenvalue weighted by atomic mass is 10.2. The van der Waals surface area contributed by atoms with E-state index >= 15 is 0 Å². The van der Waals surface area contributed by atoms with E-state index in [0.29, 0.717) is 19.4 Å². The van der Waals surface area contributed by atoms with Crippen molar-refractivity contribution in [3.05, 3.63) is 34.4 Å². The summed E-state index contributed by atoms with van der Waals surface area (Å²) >= 11 is 0. The molecule has 0 saturated carbocycles. The summed E-state index contributed by atoms with van der Waals surface area (Å²) < 4.78 is 24.4. The van der Waals surface area contributed by atoms with Gasteiger partial charge in [0.05, 0.1) is 4.92 Å². The molecule has 1 aromatic carbocycles. The molecular formula is C11H17N3O4S. The van der Waals surface area contributed by atoms with Crippen LogP contribution >= 0.6 is 0 Å². The summed E-state index contributed by atoms with van der Waals surface area (Å²) in [5, 5.41) is 9.68. The second-order valence-corrected chi connectivity index (χ2v) is 6.23. The number of hydrogen-bond acceptors (Lipinski definition) is 6. The van der Waals surface area contributed by atoms with Crippen molar-refractivity contribution in [3.8, 4) is 0 Å². The quantitative estimate of drug-likeness (QED) is 0.433. The van der Waals surface area contributed by atoms with Gasteiger partial charge in [-0.15, -0.1) is 0 Å². The maximum atomic E-state index is 12.2. The first kappa shape index (κ1) is 15.5. The smallest absolute Gasteiger partial charge is 0.288 e. The summed E-state index contributed by atoms with van der Waals surface area (Å²) in [4.78, 5) is 9.78. The van der Waals surface area contributed by atoms with Crippen molar-refractivity contribution in [2.75, 3.05) is 6.54 Å². The first-order valence-corrected chi connectivity index (χ1v) is 7.39. The number of sulfone groups is 1. The highest BCUT2D eigenvalue weighted by Gasteiger charge is 2.30. The van der Waals surface area contributed by atoms with Crippen molar-refractivity contribution in [2.24, 2.45) is 11.5 Å². The van der Waals surface area contributed by atoms with E-state index in [4.69, 9.17) is 11.5 Å². The van der Waals surface area contributed by atoms with Crippen LogP contribution in [0, 0.1) is 10.1 Å². The minimum absolute atomic E-state index is 0.228. The number of nitrogens with zero attached hydrogens (tertiary/aromatic N) is 1. The largest absolute Gasteiger partial charge is 0.330 e. The van der Waals surface area contributed by atoms with Gasteiger partial charge in [0.1, 0.15) is 10.3 Å². The Morgan fingerprint density at radius 3 is 2.47 bits per heavy atom. The van der Waals surface area contributed by atoms with Crippen LogP contribution < -0.4 is 11.5 Å². The molecule has 0 heterocycles. The van der Waals surface area contributed by atoms with Crippen molar-refractivity contribution in [2.45, 2.75) is 29.5 Å². The van der Waals surface area contributed by atoms with E-state index in [-0.39, 0.29) is 11.3 Å². The van der Waals surface area contributed by atoms with Crippen LogP contribution in [0.3, 0.4) is 0 Å². The Morgan fingerprint density at radius 2 is 1.89 bits per heavy atom. The zero-order valence-corrected chi connectivity index (χ0v) is 11.2. The van der Waals surface area contributed by atoms with E-state index in [1.807, 2.05) is 0 Å². The van der Waals surface area contributed by atoms with E-state index in [1.165, 1.54) is 18.2 Å². The number of unbranched alkanes of at least 4 members (excludes halogenated alkanes) is 1. The predicted molar refractivity (Wildman–Crippen MR) is 71.2 cm³/mol. The fraction of sp³-hybridized carbons (Fsp3) is 0.455. The second kappa shape index (κ2) is 6.60. The Morgan fingerprint density at radius 1 is 1.26 bits per heavy atom. The molecule has 1 atom stereocenters. The molecule has 0 spiro atoms. The van der Waals surface area contributed by atoms with Gasteiger partial charge < -0.3 is 11.5 Å². The highest BCUT2D eigenvalue weighted by molar-refractivity contribution is 7.92. The number of nitrogens with two attached hydrogens (primary N) is 2. The van der Waals surface area contributed by atoms with Crippen molar-refractivity contribution < 1.29 is 13.3 Å². The Kier molecular flexibility index (Phi) is 5.40. The number of nitro benzene ring substituents is 1. The molecule has 19 heavy (non-hydrogen) atoms. The van der Waals surface area contributed by atoms with Crippen LogP contribution in [0.2, 0.25) is 0 Å². The second-order valence-electron chi connectivity index (χ2n) is 4.09. The van der Waals surface area contributed by atoms with Crippen molar-refractivity contribution in [1.82, 2.24) is 0 Å². The molecule has 1 unspecified atom stereocenters. The summed E-state index contributed by atoms with van der Waals surface area (Å²) in [7, 11) is -3.90.